The predicted octanol–water partition coefficient (Wildman–Crippen LogP) is 4.80. The average Bonchev–Trinajstić information content (AvgIpc) is 3.26. The van der Waals surface area contributed by atoms with Crippen LogP contribution in [0, 0.1) is 0 Å². The number of carbonyl (C=O) groups is 2. The van der Waals surface area contributed by atoms with E-state index in [9.17, 15) is 14.7 Å². The zero-order valence-electron chi connectivity index (χ0n) is 15.0. The number of carboxylic acid groups (broad SMARTS) is 1. The van der Waals surface area contributed by atoms with Crippen LogP contribution in [0.2, 0.25) is 0 Å². The van der Waals surface area contributed by atoms with Crippen LogP contribution in [0.5, 0.6) is 0 Å². The Morgan fingerprint density at radius 3 is 2.75 bits per heavy atom. The lowest BCUT2D eigenvalue weighted by molar-refractivity contribution is -0.0838. The minimum absolute atomic E-state index is 0.317. The summed E-state index contributed by atoms with van der Waals surface area (Å²) >= 11 is 3.42. The minimum atomic E-state index is -1.21. The quantitative estimate of drug-likeness (QED) is 0.568. The van der Waals surface area contributed by atoms with Crippen LogP contribution in [-0.2, 0) is 11.2 Å². The van der Waals surface area contributed by atoms with E-state index in [2.05, 4.69) is 20.9 Å². The van der Waals surface area contributed by atoms with Crippen LogP contribution in [-0.4, -0.2) is 39.3 Å². The van der Waals surface area contributed by atoms with E-state index in [4.69, 9.17) is 4.74 Å². The highest BCUT2D eigenvalue weighted by Gasteiger charge is 2.47. The van der Waals surface area contributed by atoms with Gasteiger partial charge in [-0.3, -0.25) is 4.90 Å². The molecule has 1 amide bonds. The zero-order valence-corrected chi connectivity index (χ0v) is 16.6. The molecule has 0 saturated carbocycles. The number of benzene rings is 2. The fraction of sp³-hybridized carbons (Fsp3) is 0.238. The number of nitrogens with one attached hydrogen (secondary N) is 1. The van der Waals surface area contributed by atoms with Crippen LogP contribution in [0.1, 0.15) is 28.8 Å². The van der Waals surface area contributed by atoms with Crippen molar-refractivity contribution >= 4 is 38.9 Å². The highest BCUT2D eigenvalue weighted by Crippen LogP contribution is 2.36. The van der Waals surface area contributed by atoms with E-state index in [1.807, 2.05) is 48.5 Å². The number of rotatable bonds is 4. The first-order valence-corrected chi connectivity index (χ1v) is 9.82. The molecule has 0 radical (unpaired) electrons. The molecule has 1 aromatic heterocycles. The minimum Gasteiger partial charge on any atom is -0.465 e. The summed E-state index contributed by atoms with van der Waals surface area (Å²) in [5.74, 6) is -0.534. The van der Waals surface area contributed by atoms with Crippen molar-refractivity contribution in [1.29, 1.82) is 0 Å². The van der Waals surface area contributed by atoms with E-state index < -0.39 is 17.8 Å². The first kappa shape index (κ1) is 18.6. The molecule has 0 spiro atoms. The van der Waals surface area contributed by atoms with Crippen LogP contribution >= 0.6 is 15.9 Å². The summed E-state index contributed by atoms with van der Waals surface area (Å²) in [7, 11) is 0. The summed E-state index contributed by atoms with van der Waals surface area (Å²) in [6, 6.07) is 15.1. The number of aromatic nitrogens is 1. The van der Waals surface area contributed by atoms with Crippen molar-refractivity contribution in [3.8, 4) is 0 Å². The van der Waals surface area contributed by atoms with Gasteiger partial charge in [0.15, 0.2) is 5.72 Å². The largest absolute Gasteiger partial charge is 0.465 e. The van der Waals surface area contributed by atoms with Gasteiger partial charge in [-0.05, 0) is 30.2 Å². The Bertz CT molecular complexity index is 1030. The summed E-state index contributed by atoms with van der Waals surface area (Å²) in [6.45, 7) is 0.342. The van der Waals surface area contributed by atoms with Gasteiger partial charge in [-0.2, -0.15) is 0 Å². The molecule has 144 valence electrons. The van der Waals surface area contributed by atoms with Gasteiger partial charge in [0.25, 0.3) is 0 Å². The molecule has 1 aliphatic rings. The molecule has 3 aromatic rings. The molecule has 1 fully saturated rings. The van der Waals surface area contributed by atoms with Gasteiger partial charge in [-0.1, -0.05) is 46.3 Å². The molecule has 1 saturated heterocycles. The molecular formula is C21H19BrN2O4. The lowest BCUT2D eigenvalue weighted by atomic mass is 9.99. The second kappa shape index (κ2) is 7.31. The highest BCUT2D eigenvalue weighted by molar-refractivity contribution is 9.10. The maximum Gasteiger partial charge on any atom is 0.410 e. The van der Waals surface area contributed by atoms with E-state index in [0.29, 0.717) is 31.4 Å². The van der Waals surface area contributed by atoms with Crippen molar-refractivity contribution in [2.24, 2.45) is 0 Å². The van der Waals surface area contributed by atoms with Crippen molar-refractivity contribution in [2.75, 3.05) is 6.54 Å². The average molecular weight is 443 g/mol. The molecule has 6 nitrogen and oxygen atoms in total. The second-order valence-corrected chi connectivity index (χ2v) is 7.84. The first-order valence-electron chi connectivity index (χ1n) is 9.03. The van der Waals surface area contributed by atoms with Gasteiger partial charge < -0.3 is 14.8 Å². The Morgan fingerprint density at radius 1 is 1.21 bits per heavy atom. The van der Waals surface area contributed by atoms with Crippen LogP contribution in [0.25, 0.3) is 10.9 Å². The molecule has 2 aromatic carbocycles. The Balaban J connectivity index is 1.70. The Labute approximate surface area is 170 Å². The van der Waals surface area contributed by atoms with E-state index in [1.165, 1.54) is 4.90 Å². The Morgan fingerprint density at radius 2 is 2.00 bits per heavy atom. The van der Waals surface area contributed by atoms with Crippen LogP contribution < -0.4 is 0 Å². The van der Waals surface area contributed by atoms with E-state index in [0.717, 1.165) is 20.9 Å². The van der Waals surface area contributed by atoms with Crippen molar-refractivity contribution in [3.63, 3.8) is 0 Å². The smallest absolute Gasteiger partial charge is 0.410 e. The number of amides is 1. The maximum atomic E-state index is 13.1. The number of aromatic amines is 1. The number of carbonyl (C=O) groups excluding carboxylic acids is 1. The summed E-state index contributed by atoms with van der Waals surface area (Å²) in [6.07, 6.45) is 1.95. The van der Waals surface area contributed by atoms with E-state index >= 15 is 0 Å². The topological polar surface area (TPSA) is 82.6 Å². The van der Waals surface area contributed by atoms with Gasteiger partial charge in [-0.25, -0.2) is 9.59 Å². The molecule has 28 heavy (non-hydrogen) atoms. The first-order chi connectivity index (χ1) is 13.5. The number of hydrogen-bond acceptors (Lipinski definition) is 3. The molecule has 1 atom stereocenters. The van der Waals surface area contributed by atoms with Crippen LogP contribution in [0.4, 0.5) is 4.79 Å². The normalized spacial score (nSPS) is 19.1. The zero-order chi connectivity index (χ0) is 19.7. The number of halogens is 1. The fourth-order valence-corrected chi connectivity index (χ4v) is 4.21. The van der Waals surface area contributed by atoms with Crippen molar-refractivity contribution in [3.05, 3.63) is 70.3 Å². The standard InChI is InChI=1S/C21H19BrN2O4/c22-15-7-8-18-16(11-15)17(13-23-18)19(25)28-21(9-4-10-24(21)20(26)27)12-14-5-2-1-3-6-14/h1-3,5-8,11,13,23H,4,9-10,12H2,(H,26,27)/t21-/m1/s1. The Kier molecular flexibility index (Phi) is 4.85. The summed E-state index contributed by atoms with van der Waals surface area (Å²) < 4.78 is 6.79. The number of fused-ring (bicyclic) bond motifs is 1. The maximum absolute atomic E-state index is 13.1. The molecule has 4 rings (SSSR count). The van der Waals surface area contributed by atoms with Gasteiger partial charge >= 0.3 is 12.1 Å². The number of hydrogen-bond donors (Lipinski definition) is 2. The summed E-state index contributed by atoms with van der Waals surface area (Å²) in [5.41, 5.74) is 0.916. The number of ether oxygens (including phenoxy) is 1. The molecule has 0 aliphatic carbocycles. The second-order valence-electron chi connectivity index (χ2n) is 6.93. The summed E-state index contributed by atoms with van der Waals surface area (Å²) in [4.78, 5) is 29.2. The molecule has 0 bridgehead atoms. The van der Waals surface area contributed by atoms with Crippen LogP contribution in [0.3, 0.4) is 0 Å². The third-order valence-electron chi connectivity index (χ3n) is 5.14. The predicted molar refractivity (Wildman–Crippen MR) is 108 cm³/mol. The number of H-pyrrole nitrogens is 1. The molecule has 2 heterocycles. The number of likely N-dealkylation sites (tertiary alicyclic amines) is 1. The fourth-order valence-electron chi connectivity index (χ4n) is 3.85. The molecule has 2 N–H and O–H groups in total. The van der Waals surface area contributed by atoms with Gasteiger partial charge in [0, 0.05) is 41.0 Å². The monoisotopic (exact) mass is 442 g/mol. The van der Waals surface area contributed by atoms with E-state index in [-0.39, 0.29) is 0 Å². The van der Waals surface area contributed by atoms with Gasteiger partial charge in [0.05, 0.1) is 5.56 Å². The number of nitrogens with zero attached hydrogens (tertiary/aromatic N) is 1. The Hall–Kier alpha value is -2.80. The molecule has 7 heteroatoms. The molecule has 0 unspecified atom stereocenters. The third kappa shape index (κ3) is 3.38. The lowest BCUT2D eigenvalue weighted by Gasteiger charge is -2.36. The highest BCUT2D eigenvalue weighted by atomic mass is 79.9. The van der Waals surface area contributed by atoms with Gasteiger partial charge in [-0.15, -0.1) is 0 Å². The van der Waals surface area contributed by atoms with Gasteiger partial charge in [0.1, 0.15) is 0 Å². The summed E-state index contributed by atoms with van der Waals surface area (Å²) in [5, 5.41) is 10.4. The number of esters is 1. The third-order valence-corrected chi connectivity index (χ3v) is 5.63. The van der Waals surface area contributed by atoms with Crippen molar-refractivity contribution < 1.29 is 19.4 Å². The van der Waals surface area contributed by atoms with Crippen molar-refractivity contribution in [2.45, 2.75) is 25.0 Å². The van der Waals surface area contributed by atoms with Gasteiger partial charge in [0.2, 0.25) is 0 Å². The molecular weight excluding hydrogens is 424 g/mol. The van der Waals surface area contributed by atoms with Crippen molar-refractivity contribution in [1.82, 2.24) is 9.88 Å². The molecule has 1 aliphatic heterocycles. The van der Waals surface area contributed by atoms with E-state index in [1.54, 1.807) is 6.20 Å². The van der Waals surface area contributed by atoms with Crippen LogP contribution in [0.15, 0.2) is 59.2 Å². The lowest BCUT2D eigenvalue weighted by Crippen LogP contribution is -2.51. The SMILES string of the molecule is O=C(O[C@@]1(Cc2ccccc2)CCCN1C(=O)O)c1c[nH]c2ccc(Br)cc12.